The molecule has 1 unspecified atom stereocenters. The van der Waals surface area contributed by atoms with Gasteiger partial charge in [0, 0.05) is 68.0 Å². The molecule has 0 saturated carbocycles. The van der Waals surface area contributed by atoms with Gasteiger partial charge >= 0.3 is 0 Å². The average Bonchev–Trinajstić information content (AvgIpc) is 3.47. The van der Waals surface area contributed by atoms with Crippen molar-refractivity contribution in [3.05, 3.63) is 72.7 Å². The number of rotatable bonds is 5. The lowest BCUT2D eigenvalue weighted by atomic mass is 10.1. The van der Waals surface area contributed by atoms with Crippen LogP contribution in [-0.4, -0.2) is 82.6 Å². The lowest BCUT2D eigenvalue weighted by molar-refractivity contribution is -0.127. The first-order valence-corrected chi connectivity index (χ1v) is 13.3. The van der Waals surface area contributed by atoms with E-state index in [-0.39, 0.29) is 23.5 Å². The molecule has 2 aliphatic heterocycles. The van der Waals surface area contributed by atoms with Gasteiger partial charge in [-0.1, -0.05) is 18.2 Å². The number of benzene rings is 1. The number of carbonyl (C=O) groups is 1. The van der Waals surface area contributed by atoms with Crippen molar-refractivity contribution in [2.24, 2.45) is 0 Å². The molecule has 3 aromatic rings. The molecule has 8 nitrogen and oxygen atoms in total. The molecule has 1 aromatic carbocycles. The van der Waals surface area contributed by atoms with Crippen molar-refractivity contribution >= 4 is 21.8 Å². The van der Waals surface area contributed by atoms with Crippen LogP contribution in [0.15, 0.2) is 67.1 Å². The van der Waals surface area contributed by atoms with Gasteiger partial charge in [0.05, 0.1) is 17.2 Å². The lowest BCUT2D eigenvalue weighted by Crippen LogP contribution is -2.52. The minimum Gasteiger partial charge on any atom is -0.337 e. The fourth-order valence-corrected chi connectivity index (χ4v) is 6.35. The number of hydrogen-bond donors (Lipinski definition) is 0. The molecule has 2 aliphatic rings. The molecule has 0 N–H and O–H groups in total. The lowest BCUT2D eigenvalue weighted by Gasteiger charge is -2.37. The molecule has 0 radical (unpaired) electrons. The maximum atomic E-state index is 12.9. The minimum absolute atomic E-state index is 0.0525. The molecule has 1 amide bonds. The van der Waals surface area contributed by atoms with E-state index in [9.17, 15) is 13.2 Å². The Morgan fingerprint density at radius 2 is 1.82 bits per heavy atom. The van der Waals surface area contributed by atoms with Gasteiger partial charge in [-0.2, -0.15) is 5.10 Å². The number of aromatic nitrogens is 3. The van der Waals surface area contributed by atoms with E-state index in [1.54, 1.807) is 23.2 Å². The van der Waals surface area contributed by atoms with Gasteiger partial charge in [-0.05, 0) is 36.8 Å². The molecule has 9 heteroatoms. The van der Waals surface area contributed by atoms with Crippen LogP contribution in [0.25, 0.3) is 23.0 Å². The summed E-state index contributed by atoms with van der Waals surface area (Å²) in [7, 11) is -2.90. The van der Waals surface area contributed by atoms with Crippen LogP contribution in [0.3, 0.4) is 0 Å². The van der Waals surface area contributed by atoms with Gasteiger partial charge < -0.3 is 4.90 Å². The quantitative estimate of drug-likeness (QED) is 0.524. The number of amides is 1. The van der Waals surface area contributed by atoms with Gasteiger partial charge in [0.1, 0.15) is 5.69 Å². The van der Waals surface area contributed by atoms with Crippen LogP contribution in [0.2, 0.25) is 0 Å². The maximum Gasteiger partial charge on any atom is 0.246 e. The summed E-state index contributed by atoms with van der Waals surface area (Å²) >= 11 is 0. The van der Waals surface area contributed by atoms with Gasteiger partial charge in [0.2, 0.25) is 5.91 Å². The highest BCUT2D eigenvalue weighted by Crippen LogP contribution is 2.24. The number of sulfone groups is 1. The Kier molecular flexibility index (Phi) is 6.30. The van der Waals surface area contributed by atoms with Crippen LogP contribution >= 0.6 is 0 Å². The predicted molar refractivity (Wildman–Crippen MR) is 131 cm³/mol. The van der Waals surface area contributed by atoms with Crippen molar-refractivity contribution in [2.75, 3.05) is 37.7 Å². The van der Waals surface area contributed by atoms with Crippen molar-refractivity contribution in [1.29, 1.82) is 0 Å². The Balaban J connectivity index is 1.30. The molecule has 2 aromatic heterocycles. The summed E-state index contributed by atoms with van der Waals surface area (Å²) < 4.78 is 25.4. The topological polar surface area (TPSA) is 88.4 Å². The molecule has 2 saturated heterocycles. The van der Waals surface area contributed by atoms with E-state index < -0.39 is 9.84 Å². The summed E-state index contributed by atoms with van der Waals surface area (Å²) in [6.45, 7) is 2.59. The fraction of sp³-hybridized carbons (Fsp3) is 0.320. The Labute approximate surface area is 199 Å². The highest BCUT2D eigenvalue weighted by molar-refractivity contribution is 7.91. The summed E-state index contributed by atoms with van der Waals surface area (Å²) in [5.74, 6) is 0.460. The molecule has 1 atom stereocenters. The van der Waals surface area contributed by atoms with E-state index in [2.05, 4.69) is 9.88 Å². The predicted octanol–water partition coefficient (Wildman–Crippen LogP) is 2.28. The molecule has 0 bridgehead atoms. The number of piperazine rings is 1. The number of para-hydroxylation sites is 1. The maximum absolute atomic E-state index is 12.9. The normalized spacial score (nSPS) is 20.7. The summed E-state index contributed by atoms with van der Waals surface area (Å²) in [5.41, 5.74) is 3.40. The first-order chi connectivity index (χ1) is 16.5. The molecule has 4 heterocycles. The Hall–Kier alpha value is -3.30. The van der Waals surface area contributed by atoms with Crippen LogP contribution in [-0.2, 0) is 14.6 Å². The van der Waals surface area contributed by atoms with E-state index in [0.717, 1.165) is 22.5 Å². The van der Waals surface area contributed by atoms with E-state index in [4.69, 9.17) is 5.10 Å². The molecule has 0 spiro atoms. The molecule has 34 heavy (non-hydrogen) atoms. The summed E-state index contributed by atoms with van der Waals surface area (Å²) in [6.07, 6.45) is 9.50. The van der Waals surface area contributed by atoms with Crippen LogP contribution in [0.4, 0.5) is 0 Å². The van der Waals surface area contributed by atoms with Crippen molar-refractivity contribution in [3.8, 4) is 16.9 Å². The van der Waals surface area contributed by atoms with Crippen LogP contribution in [0.5, 0.6) is 0 Å². The Morgan fingerprint density at radius 3 is 2.50 bits per heavy atom. The van der Waals surface area contributed by atoms with Crippen molar-refractivity contribution < 1.29 is 13.2 Å². The van der Waals surface area contributed by atoms with Gasteiger partial charge in [0.25, 0.3) is 0 Å². The fourth-order valence-electron chi connectivity index (χ4n) is 4.59. The zero-order valence-corrected chi connectivity index (χ0v) is 19.6. The SMILES string of the molecule is O=C(C=Cc1cn(-c2ccccc2)nc1-c1cccnc1)N1CCN(C2CCS(=O)(=O)C2)CC1. The third kappa shape index (κ3) is 4.95. The summed E-state index contributed by atoms with van der Waals surface area (Å²) in [5, 5.41) is 4.75. The van der Waals surface area contributed by atoms with Gasteiger partial charge in [-0.25, -0.2) is 13.1 Å². The van der Waals surface area contributed by atoms with Crippen molar-refractivity contribution in [1.82, 2.24) is 24.6 Å². The number of carbonyl (C=O) groups excluding carboxylic acids is 1. The summed E-state index contributed by atoms with van der Waals surface area (Å²) in [4.78, 5) is 21.2. The van der Waals surface area contributed by atoms with Crippen LogP contribution < -0.4 is 0 Å². The van der Waals surface area contributed by atoms with Gasteiger partial charge in [-0.15, -0.1) is 0 Å². The number of hydrogen-bond acceptors (Lipinski definition) is 6. The second-order valence-corrected chi connectivity index (χ2v) is 10.9. The standard InChI is InChI=1S/C25H27N5O3S/c31-24(29-14-12-28(13-15-29)23-10-16-34(32,33)19-23)9-8-21-18-30(22-6-2-1-3-7-22)27-25(21)20-5-4-11-26-17-20/h1-9,11,17-18,23H,10,12-16,19H2. The Morgan fingerprint density at radius 1 is 1.03 bits per heavy atom. The van der Waals surface area contributed by atoms with E-state index in [1.807, 2.05) is 59.6 Å². The zero-order chi connectivity index (χ0) is 23.5. The van der Waals surface area contributed by atoms with Crippen molar-refractivity contribution in [2.45, 2.75) is 12.5 Å². The second-order valence-electron chi connectivity index (χ2n) is 8.71. The monoisotopic (exact) mass is 477 g/mol. The molecule has 0 aliphatic carbocycles. The van der Waals surface area contributed by atoms with Crippen LogP contribution in [0, 0.1) is 0 Å². The summed E-state index contributed by atoms with van der Waals surface area (Å²) in [6, 6.07) is 13.7. The third-order valence-corrected chi connectivity index (χ3v) is 8.20. The second kappa shape index (κ2) is 9.52. The largest absolute Gasteiger partial charge is 0.337 e. The van der Waals surface area contributed by atoms with Gasteiger partial charge in [-0.3, -0.25) is 14.7 Å². The number of nitrogens with zero attached hydrogens (tertiary/aromatic N) is 5. The molecular formula is C25H27N5O3S. The zero-order valence-electron chi connectivity index (χ0n) is 18.8. The van der Waals surface area contributed by atoms with E-state index in [0.29, 0.717) is 32.6 Å². The molecule has 176 valence electrons. The van der Waals surface area contributed by atoms with E-state index >= 15 is 0 Å². The van der Waals surface area contributed by atoms with Gasteiger partial charge in [0.15, 0.2) is 9.84 Å². The molecule has 2 fully saturated rings. The van der Waals surface area contributed by atoms with E-state index in [1.165, 1.54) is 0 Å². The third-order valence-electron chi connectivity index (χ3n) is 6.45. The minimum atomic E-state index is -2.90. The average molecular weight is 478 g/mol. The smallest absolute Gasteiger partial charge is 0.246 e. The highest BCUT2D eigenvalue weighted by Gasteiger charge is 2.34. The Bertz CT molecular complexity index is 1280. The van der Waals surface area contributed by atoms with Crippen LogP contribution in [0.1, 0.15) is 12.0 Å². The first kappa shape index (κ1) is 22.5. The molecular weight excluding hydrogens is 450 g/mol. The number of pyridine rings is 1. The molecule has 5 rings (SSSR count). The first-order valence-electron chi connectivity index (χ1n) is 11.5. The van der Waals surface area contributed by atoms with Crippen molar-refractivity contribution in [3.63, 3.8) is 0 Å². The highest BCUT2D eigenvalue weighted by atomic mass is 32.2.